The summed E-state index contributed by atoms with van der Waals surface area (Å²) in [4.78, 5) is -0.103. The Bertz CT molecular complexity index is 116. The summed E-state index contributed by atoms with van der Waals surface area (Å²) < 4.78 is -1.22. The van der Waals surface area contributed by atoms with Crippen LogP contribution >= 0.6 is 50.7 Å². The normalized spacial score (nSPS) is 14.8. The topological polar surface area (TPSA) is 20.2 Å². The molecule has 0 fully saturated rings. The molecule has 0 radical (unpaired) electrons. The van der Waals surface area contributed by atoms with Crippen molar-refractivity contribution in [1.82, 2.24) is 0 Å². The zero-order valence-corrected chi connectivity index (χ0v) is 10.4. The number of halogens is 4. The van der Waals surface area contributed by atoms with Crippen LogP contribution in [-0.2, 0) is 0 Å². The number of unbranched alkanes of at least 4 members (excludes halogenated alkanes) is 2. The van der Waals surface area contributed by atoms with Crippen LogP contribution in [0, 0.1) is 0 Å². The largest absolute Gasteiger partial charge is 0.396 e. The lowest BCUT2D eigenvalue weighted by Crippen LogP contribution is -2.18. The zero-order chi connectivity index (χ0) is 9.61. The van der Waals surface area contributed by atoms with Crippen molar-refractivity contribution < 1.29 is 5.11 Å². The molecule has 0 spiro atoms. The Hall–Kier alpha value is 1.31. The summed E-state index contributed by atoms with van der Waals surface area (Å²) >= 11 is 20.2. The Kier molecular flexibility index (Phi) is 7.45. The highest BCUT2D eigenvalue weighted by Crippen LogP contribution is 2.37. The summed E-state index contributed by atoms with van der Waals surface area (Å²) in [7, 11) is 0. The number of rotatable bonds is 5. The van der Waals surface area contributed by atoms with Crippen molar-refractivity contribution in [3.8, 4) is 0 Å². The number of aliphatic hydroxyl groups excluding tert-OH is 1. The molecule has 0 aromatic rings. The Morgan fingerprint density at radius 3 is 2.17 bits per heavy atom. The van der Waals surface area contributed by atoms with Crippen LogP contribution in [0.1, 0.15) is 25.7 Å². The molecule has 0 aliphatic carbocycles. The molecule has 5 heteroatoms. The van der Waals surface area contributed by atoms with E-state index in [0.29, 0.717) is 0 Å². The van der Waals surface area contributed by atoms with Gasteiger partial charge in [0.2, 0.25) is 3.79 Å². The quantitative estimate of drug-likeness (QED) is 0.606. The predicted molar refractivity (Wildman–Crippen MR) is 58.6 cm³/mol. The van der Waals surface area contributed by atoms with E-state index in [1.807, 2.05) is 0 Å². The molecule has 0 amide bonds. The first kappa shape index (κ1) is 13.3. The van der Waals surface area contributed by atoms with E-state index in [-0.39, 0.29) is 11.4 Å². The van der Waals surface area contributed by atoms with Crippen molar-refractivity contribution >= 4 is 50.7 Å². The van der Waals surface area contributed by atoms with Gasteiger partial charge in [-0.3, -0.25) is 0 Å². The number of alkyl halides is 4. The molecule has 1 nitrogen and oxygen atoms in total. The zero-order valence-electron chi connectivity index (χ0n) is 6.57. The van der Waals surface area contributed by atoms with Crippen LogP contribution in [0.25, 0.3) is 0 Å². The van der Waals surface area contributed by atoms with Gasteiger partial charge in [-0.2, -0.15) is 0 Å². The predicted octanol–water partition coefficient (Wildman–Crippen LogP) is 3.67. The molecule has 74 valence electrons. The molecule has 0 bridgehead atoms. The molecule has 1 unspecified atom stereocenters. The number of hydrogen-bond acceptors (Lipinski definition) is 1. The van der Waals surface area contributed by atoms with E-state index in [2.05, 4.69) is 15.9 Å². The molecule has 0 saturated carbocycles. The van der Waals surface area contributed by atoms with Crippen molar-refractivity contribution in [2.45, 2.75) is 34.3 Å². The van der Waals surface area contributed by atoms with E-state index in [4.69, 9.17) is 39.9 Å². The van der Waals surface area contributed by atoms with Crippen molar-refractivity contribution in [2.75, 3.05) is 6.61 Å². The summed E-state index contributed by atoms with van der Waals surface area (Å²) in [6.07, 6.45) is 3.57. The second-order valence-electron chi connectivity index (χ2n) is 2.58. The van der Waals surface area contributed by atoms with Gasteiger partial charge in [-0.05, 0) is 12.8 Å². The molecule has 1 N–H and O–H groups in total. The fourth-order valence-corrected chi connectivity index (χ4v) is 1.43. The first-order valence-electron chi connectivity index (χ1n) is 3.80. The molecule has 1 atom stereocenters. The van der Waals surface area contributed by atoms with E-state index in [1.54, 1.807) is 0 Å². The lowest BCUT2D eigenvalue weighted by atomic mass is 10.2. The SMILES string of the molecule is OCCCCCC(Br)C(Cl)(Cl)Cl. The van der Waals surface area contributed by atoms with Gasteiger partial charge in [-0.25, -0.2) is 0 Å². The molecular weight excluding hydrogens is 286 g/mol. The van der Waals surface area contributed by atoms with Crippen molar-refractivity contribution in [2.24, 2.45) is 0 Å². The van der Waals surface area contributed by atoms with Crippen LogP contribution < -0.4 is 0 Å². The molecule has 12 heavy (non-hydrogen) atoms. The maximum atomic E-state index is 8.50. The second-order valence-corrected chi connectivity index (χ2v) is 6.06. The molecule has 0 heterocycles. The number of hydrogen-bond donors (Lipinski definition) is 1. The molecule has 0 aromatic heterocycles. The highest BCUT2D eigenvalue weighted by atomic mass is 79.9. The molecule has 0 aliphatic rings. The first-order chi connectivity index (χ1) is 5.48. The Labute approximate surface area is 96.5 Å². The molecule has 0 saturated heterocycles. The maximum absolute atomic E-state index is 8.50. The fourth-order valence-electron chi connectivity index (χ4n) is 0.776. The average molecular weight is 298 g/mol. The maximum Gasteiger partial charge on any atom is 0.202 e. The third-order valence-corrected chi connectivity index (χ3v) is 4.20. The smallest absolute Gasteiger partial charge is 0.202 e. The minimum Gasteiger partial charge on any atom is -0.396 e. The lowest BCUT2D eigenvalue weighted by Gasteiger charge is -2.17. The molecule has 0 aromatic carbocycles. The minimum atomic E-state index is -1.22. The van der Waals surface area contributed by atoms with Gasteiger partial charge in [-0.15, -0.1) is 0 Å². The average Bonchev–Trinajstić information content (AvgIpc) is 1.96. The van der Waals surface area contributed by atoms with Crippen molar-refractivity contribution in [3.05, 3.63) is 0 Å². The first-order valence-corrected chi connectivity index (χ1v) is 5.85. The Morgan fingerprint density at radius 2 is 1.75 bits per heavy atom. The molecule has 0 aliphatic heterocycles. The standard InChI is InChI=1S/C7H12BrCl3O/c8-6(7(9,10)11)4-2-1-3-5-12/h6,12H,1-5H2. The lowest BCUT2D eigenvalue weighted by molar-refractivity contribution is 0.282. The van der Waals surface area contributed by atoms with E-state index in [9.17, 15) is 0 Å². The van der Waals surface area contributed by atoms with E-state index >= 15 is 0 Å². The van der Waals surface area contributed by atoms with Gasteiger partial charge in [-0.1, -0.05) is 63.6 Å². The van der Waals surface area contributed by atoms with Crippen LogP contribution in [0.4, 0.5) is 0 Å². The van der Waals surface area contributed by atoms with E-state index < -0.39 is 3.79 Å². The monoisotopic (exact) mass is 296 g/mol. The van der Waals surface area contributed by atoms with Crippen LogP contribution in [-0.4, -0.2) is 20.3 Å². The summed E-state index contributed by atoms with van der Waals surface area (Å²) in [6, 6.07) is 0. The van der Waals surface area contributed by atoms with Gasteiger partial charge in [0.05, 0.1) is 4.83 Å². The van der Waals surface area contributed by atoms with E-state index in [0.717, 1.165) is 25.7 Å². The fraction of sp³-hybridized carbons (Fsp3) is 1.00. The van der Waals surface area contributed by atoms with Gasteiger partial charge in [0.25, 0.3) is 0 Å². The third-order valence-electron chi connectivity index (χ3n) is 1.47. The summed E-state index contributed by atoms with van der Waals surface area (Å²) in [5.41, 5.74) is 0. The van der Waals surface area contributed by atoms with Crippen LogP contribution in [0.15, 0.2) is 0 Å². The summed E-state index contributed by atoms with van der Waals surface area (Å²) in [5, 5.41) is 8.50. The van der Waals surface area contributed by atoms with Crippen LogP contribution in [0.3, 0.4) is 0 Å². The second kappa shape index (κ2) is 6.72. The van der Waals surface area contributed by atoms with Gasteiger partial charge in [0.15, 0.2) is 0 Å². The van der Waals surface area contributed by atoms with Gasteiger partial charge in [0, 0.05) is 6.61 Å². The number of aliphatic hydroxyl groups is 1. The van der Waals surface area contributed by atoms with Gasteiger partial charge < -0.3 is 5.11 Å². The van der Waals surface area contributed by atoms with E-state index in [1.165, 1.54) is 0 Å². The van der Waals surface area contributed by atoms with Crippen molar-refractivity contribution in [3.63, 3.8) is 0 Å². The minimum absolute atomic E-state index is 0.103. The van der Waals surface area contributed by atoms with Gasteiger partial charge >= 0.3 is 0 Å². The molecule has 0 rings (SSSR count). The van der Waals surface area contributed by atoms with Crippen molar-refractivity contribution in [1.29, 1.82) is 0 Å². The Balaban J connectivity index is 3.38. The summed E-state index contributed by atoms with van der Waals surface area (Å²) in [6.45, 7) is 0.237. The molecular formula is C7H12BrCl3O. The highest BCUT2D eigenvalue weighted by molar-refractivity contribution is 9.09. The highest BCUT2D eigenvalue weighted by Gasteiger charge is 2.29. The Morgan fingerprint density at radius 1 is 1.17 bits per heavy atom. The van der Waals surface area contributed by atoms with Crippen LogP contribution in [0.5, 0.6) is 0 Å². The third kappa shape index (κ3) is 6.79. The van der Waals surface area contributed by atoms with Crippen LogP contribution in [0.2, 0.25) is 0 Å². The van der Waals surface area contributed by atoms with Gasteiger partial charge in [0.1, 0.15) is 0 Å². The summed E-state index contributed by atoms with van der Waals surface area (Å²) in [5.74, 6) is 0.